The largest absolute Gasteiger partial charge is 0.310 e. The van der Waals surface area contributed by atoms with E-state index in [2.05, 4.69) is 241 Å². The lowest BCUT2D eigenvalue weighted by Gasteiger charge is -2.53. The fraction of sp³-hybridized carbons (Fsp3) is 0.0667. The standard InChI is InChI=1S/C60H42N2/c1-2-14-49-46-17-6-9-22-52(46)60-53-23-13-26-56(57(53)50-20-12-21-51(58(49)60)59(50)60)61(43-33-27-40(28-34-43)39-15-4-3-5-16-39)44-35-29-41(30-36-44)42-31-37-45(38-32-42)62-54-24-10-7-18-47(54)48-19-8-11-25-55(48)62/h2-38,51,59H,1H3/b14-2-. The van der Waals surface area contributed by atoms with Crippen molar-refractivity contribution in [3.63, 3.8) is 0 Å². The molecule has 0 radical (unpaired) electrons. The Morgan fingerprint density at radius 3 is 1.76 bits per heavy atom. The molecule has 0 aliphatic heterocycles. The van der Waals surface area contributed by atoms with Crippen LogP contribution in [0.15, 0.2) is 230 Å². The highest BCUT2D eigenvalue weighted by atomic mass is 15.1. The molecule has 1 saturated carbocycles. The Hall–Kier alpha value is -7.68. The van der Waals surface area contributed by atoms with Crippen molar-refractivity contribution in [3.05, 3.63) is 252 Å². The highest BCUT2D eigenvalue weighted by Crippen LogP contribution is 2.76. The number of rotatable bonds is 7. The minimum absolute atomic E-state index is 0.157. The molecule has 2 heteroatoms. The van der Waals surface area contributed by atoms with Crippen LogP contribution in [-0.4, -0.2) is 4.57 Å². The Bertz CT molecular complexity index is 3340. The van der Waals surface area contributed by atoms with Crippen LogP contribution in [0.4, 0.5) is 17.1 Å². The second-order valence-electron chi connectivity index (χ2n) is 17.1. The summed E-state index contributed by atoms with van der Waals surface area (Å²) in [5, 5.41) is 2.55. The molecular weight excluding hydrogens is 749 g/mol. The van der Waals surface area contributed by atoms with Gasteiger partial charge in [-0.2, -0.15) is 0 Å². The minimum Gasteiger partial charge on any atom is -0.310 e. The third-order valence-electron chi connectivity index (χ3n) is 14.2. The first-order valence-electron chi connectivity index (χ1n) is 21.9. The molecule has 3 unspecified atom stereocenters. The van der Waals surface area contributed by atoms with Gasteiger partial charge in [0.15, 0.2) is 0 Å². The van der Waals surface area contributed by atoms with E-state index in [-0.39, 0.29) is 5.41 Å². The van der Waals surface area contributed by atoms with Crippen LogP contribution >= 0.6 is 0 Å². The van der Waals surface area contributed by atoms with Gasteiger partial charge in [-0.15, -0.1) is 0 Å². The number of fused-ring (bicyclic) bond motifs is 7. The molecule has 1 spiro atoms. The van der Waals surface area contributed by atoms with E-state index in [4.69, 9.17) is 0 Å². The van der Waals surface area contributed by atoms with Gasteiger partial charge in [0.05, 0.1) is 22.1 Å². The van der Waals surface area contributed by atoms with Gasteiger partial charge in [-0.1, -0.05) is 170 Å². The van der Waals surface area contributed by atoms with E-state index in [1.54, 1.807) is 5.57 Å². The SMILES string of the molecule is C/C=C\C1=C2C3C=CC=C4c5c(N(c6ccc(-c7ccccc7)cc6)c6ccc(-c7ccc(-n8c9ccccc9c9ccccc98)cc7)cc6)cccc5C2(c2ccccc21)C43. The summed E-state index contributed by atoms with van der Waals surface area (Å²) in [6, 6.07) is 71.7. The van der Waals surface area contributed by atoms with E-state index in [0.29, 0.717) is 11.8 Å². The summed E-state index contributed by atoms with van der Waals surface area (Å²) in [4.78, 5) is 2.50. The Morgan fingerprint density at radius 1 is 0.532 bits per heavy atom. The molecule has 8 aromatic carbocycles. The van der Waals surface area contributed by atoms with Crippen molar-refractivity contribution in [1.29, 1.82) is 0 Å². The van der Waals surface area contributed by atoms with Gasteiger partial charge in [0.25, 0.3) is 0 Å². The van der Waals surface area contributed by atoms with Crippen molar-refractivity contribution in [2.45, 2.75) is 12.3 Å². The average molecular weight is 791 g/mol. The zero-order chi connectivity index (χ0) is 40.9. The van der Waals surface area contributed by atoms with Crippen LogP contribution in [0.5, 0.6) is 0 Å². The van der Waals surface area contributed by atoms with Crippen molar-refractivity contribution in [2.75, 3.05) is 4.90 Å². The van der Waals surface area contributed by atoms with E-state index in [1.165, 1.54) is 83.1 Å². The van der Waals surface area contributed by atoms with E-state index in [9.17, 15) is 0 Å². The van der Waals surface area contributed by atoms with Crippen LogP contribution < -0.4 is 4.90 Å². The Kier molecular flexibility index (Phi) is 7.60. The summed E-state index contributed by atoms with van der Waals surface area (Å²) in [5.74, 6) is 0.755. The van der Waals surface area contributed by atoms with E-state index < -0.39 is 0 Å². The van der Waals surface area contributed by atoms with Gasteiger partial charge in [-0.25, -0.2) is 0 Å². The smallest absolute Gasteiger partial charge is 0.0541 e. The third-order valence-corrected chi connectivity index (χ3v) is 14.2. The lowest BCUT2D eigenvalue weighted by Crippen LogP contribution is -2.50. The topological polar surface area (TPSA) is 8.17 Å². The molecule has 0 saturated heterocycles. The molecular formula is C60H42N2. The molecule has 9 aromatic rings. The molecule has 292 valence electrons. The molecule has 0 amide bonds. The quantitative estimate of drug-likeness (QED) is 0.156. The molecule has 4 aliphatic rings. The summed E-state index contributed by atoms with van der Waals surface area (Å²) in [5.41, 5.74) is 21.8. The second-order valence-corrected chi connectivity index (χ2v) is 17.1. The average Bonchev–Trinajstić information content (AvgIpc) is 3.91. The highest BCUT2D eigenvalue weighted by Gasteiger charge is 2.69. The van der Waals surface area contributed by atoms with Gasteiger partial charge in [0, 0.05) is 45.2 Å². The third kappa shape index (κ3) is 4.75. The zero-order valence-electron chi connectivity index (χ0n) is 34.4. The molecule has 1 heterocycles. The maximum absolute atomic E-state index is 2.50. The second kappa shape index (κ2) is 13.4. The first-order chi connectivity index (χ1) is 30.7. The predicted octanol–water partition coefficient (Wildman–Crippen LogP) is 15.4. The fourth-order valence-corrected chi connectivity index (χ4v) is 11.8. The normalized spacial score (nSPS) is 19.0. The van der Waals surface area contributed by atoms with Gasteiger partial charge in [-0.05, 0) is 117 Å². The van der Waals surface area contributed by atoms with Crippen LogP contribution in [0.3, 0.4) is 0 Å². The van der Waals surface area contributed by atoms with Gasteiger partial charge in [-0.3, -0.25) is 0 Å². The van der Waals surface area contributed by atoms with Crippen molar-refractivity contribution < 1.29 is 0 Å². The van der Waals surface area contributed by atoms with Crippen molar-refractivity contribution in [1.82, 2.24) is 4.57 Å². The first kappa shape index (κ1) is 35.1. The number of para-hydroxylation sites is 2. The van der Waals surface area contributed by atoms with E-state index in [0.717, 1.165) is 17.1 Å². The zero-order valence-corrected chi connectivity index (χ0v) is 34.4. The molecule has 13 rings (SSSR count). The van der Waals surface area contributed by atoms with Gasteiger partial charge in [0.1, 0.15) is 0 Å². The van der Waals surface area contributed by atoms with Crippen LogP contribution in [0.1, 0.15) is 29.2 Å². The number of aromatic nitrogens is 1. The minimum atomic E-state index is -0.157. The van der Waals surface area contributed by atoms with Crippen molar-refractivity contribution in [2.24, 2.45) is 11.8 Å². The lowest BCUT2D eigenvalue weighted by molar-refractivity contribution is 0.286. The van der Waals surface area contributed by atoms with Crippen molar-refractivity contribution >= 4 is 50.0 Å². The Balaban J connectivity index is 0.941. The van der Waals surface area contributed by atoms with Crippen LogP contribution in [0.2, 0.25) is 0 Å². The molecule has 3 atom stereocenters. The van der Waals surface area contributed by atoms with Gasteiger partial charge in [0.2, 0.25) is 0 Å². The number of nitrogens with zero attached hydrogens (tertiary/aromatic N) is 2. The number of anilines is 3. The number of allylic oxidation sites excluding steroid dienone is 8. The number of benzene rings is 8. The maximum Gasteiger partial charge on any atom is 0.0541 e. The summed E-state index contributed by atoms with van der Waals surface area (Å²) in [7, 11) is 0. The number of hydrogen-bond acceptors (Lipinski definition) is 1. The Morgan fingerprint density at radius 2 is 1.10 bits per heavy atom. The highest BCUT2D eigenvalue weighted by molar-refractivity contribution is 6.09. The lowest BCUT2D eigenvalue weighted by atomic mass is 9.48. The molecule has 0 N–H and O–H groups in total. The summed E-state index contributed by atoms with van der Waals surface area (Å²) in [6.45, 7) is 2.15. The van der Waals surface area contributed by atoms with E-state index in [1.807, 2.05) is 0 Å². The monoisotopic (exact) mass is 790 g/mol. The molecule has 62 heavy (non-hydrogen) atoms. The van der Waals surface area contributed by atoms with Gasteiger partial charge < -0.3 is 9.47 Å². The molecule has 0 bridgehead atoms. The molecule has 2 nitrogen and oxygen atoms in total. The predicted molar refractivity (Wildman–Crippen MR) is 259 cm³/mol. The maximum atomic E-state index is 2.50. The van der Waals surface area contributed by atoms with E-state index >= 15 is 0 Å². The van der Waals surface area contributed by atoms with Crippen LogP contribution in [-0.2, 0) is 5.41 Å². The van der Waals surface area contributed by atoms with Crippen LogP contribution in [0.25, 0.3) is 60.9 Å². The fourth-order valence-electron chi connectivity index (χ4n) is 11.8. The first-order valence-corrected chi connectivity index (χ1v) is 21.9. The molecule has 1 aromatic heterocycles. The summed E-state index contributed by atoms with van der Waals surface area (Å²) in [6.07, 6.45) is 11.7. The van der Waals surface area contributed by atoms with Gasteiger partial charge >= 0.3 is 0 Å². The molecule has 1 fully saturated rings. The van der Waals surface area contributed by atoms with Crippen LogP contribution in [0, 0.1) is 11.8 Å². The summed E-state index contributed by atoms with van der Waals surface area (Å²) < 4.78 is 2.38. The Labute approximate surface area is 362 Å². The van der Waals surface area contributed by atoms with Crippen molar-refractivity contribution in [3.8, 4) is 27.9 Å². The number of hydrogen-bond donors (Lipinski definition) is 0. The summed E-state index contributed by atoms with van der Waals surface area (Å²) >= 11 is 0. The molecule has 4 aliphatic carbocycles.